The third-order valence-electron chi connectivity index (χ3n) is 3.28. The highest BCUT2D eigenvalue weighted by atomic mass is 16.6. The smallest absolute Gasteiger partial charge is 0.150 e. The first-order chi connectivity index (χ1) is 8.74. The quantitative estimate of drug-likeness (QED) is 0.833. The Morgan fingerprint density at radius 1 is 1.06 bits per heavy atom. The predicted molar refractivity (Wildman–Crippen MR) is 74.6 cm³/mol. The molecule has 0 aromatic heterocycles. The molecule has 2 N–H and O–H groups in total. The van der Waals surface area contributed by atoms with Crippen LogP contribution in [-0.2, 0) is 12.8 Å². The van der Waals surface area contributed by atoms with E-state index in [0.29, 0.717) is 0 Å². The molecule has 2 nitrogen and oxygen atoms in total. The van der Waals surface area contributed by atoms with Crippen molar-refractivity contribution in [3.63, 3.8) is 0 Å². The van der Waals surface area contributed by atoms with Gasteiger partial charge in [0.15, 0.2) is 0 Å². The van der Waals surface area contributed by atoms with Crippen molar-refractivity contribution in [3.05, 3.63) is 64.7 Å². The largest absolute Gasteiger partial charge is 0.411 e. The molecule has 0 fully saturated rings. The Kier molecular flexibility index (Phi) is 4.00. The second-order valence-corrected chi connectivity index (χ2v) is 4.52. The molecule has 0 unspecified atom stereocenters. The van der Waals surface area contributed by atoms with Crippen molar-refractivity contribution in [2.45, 2.75) is 26.7 Å². The van der Waals surface area contributed by atoms with Crippen molar-refractivity contribution in [2.24, 2.45) is 5.90 Å². The number of para-hydroxylation sites is 1. The third-order valence-corrected chi connectivity index (χ3v) is 3.28. The summed E-state index contributed by atoms with van der Waals surface area (Å²) < 4.78 is 0. The van der Waals surface area contributed by atoms with E-state index in [9.17, 15) is 0 Å². The van der Waals surface area contributed by atoms with Gasteiger partial charge in [-0.3, -0.25) is 0 Å². The summed E-state index contributed by atoms with van der Waals surface area (Å²) in [6.45, 7) is 4.34. The molecule has 0 atom stereocenters. The number of aryl methyl sites for hydroxylation is 2. The van der Waals surface area contributed by atoms with Crippen LogP contribution in [-0.4, -0.2) is 0 Å². The van der Waals surface area contributed by atoms with Gasteiger partial charge in [0.05, 0.1) is 0 Å². The molecule has 2 aromatic rings. The van der Waals surface area contributed by atoms with Gasteiger partial charge in [-0.25, -0.2) is 0 Å². The summed E-state index contributed by atoms with van der Waals surface area (Å²) in [7, 11) is 0. The SMILES string of the molecule is CCc1ccc(Cc2ccccc2ON)cc1C. The van der Waals surface area contributed by atoms with Crippen LogP contribution in [0.3, 0.4) is 0 Å². The maximum Gasteiger partial charge on any atom is 0.150 e. The molecule has 0 aliphatic rings. The molecule has 0 heterocycles. The second-order valence-electron chi connectivity index (χ2n) is 4.52. The van der Waals surface area contributed by atoms with Gasteiger partial charge in [0.2, 0.25) is 0 Å². The van der Waals surface area contributed by atoms with Gasteiger partial charge in [-0.2, -0.15) is 5.90 Å². The minimum atomic E-state index is 0.745. The van der Waals surface area contributed by atoms with Crippen LogP contribution in [0.25, 0.3) is 0 Å². The third kappa shape index (κ3) is 2.71. The van der Waals surface area contributed by atoms with E-state index in [4.69, 9.17) is 10.7 Å². The predicted octanol–water partition coefficient (Wildman–Crippen LogP) is 3.40. The molecule has 0 amide bonds. The molecule has 0 bridgehead atoms. The Bertz CT molecular complexity index is 534. The van der Waals surface area contributed by atoms with Crippen molar-refractivity contribution in [1.82, 2.24) is 0 Å². The van der Waals surface area contributed by atoms with E-state index in [1.54, 1.807) is 0 Å². The molecule has 0 aliphatic heterocycles. The van der Waals surface area contributed by atoms with Gasteiger partial charge in [-0.15, -0.1) is 0 Å². The van der Waals surface area contributed by atoms with Crippen molar-refractivity contribution in [2.75, 3.05) is 0 Å². The van der Waals surface area contributed by atoms with E-state index in [0.717, 1.165) is 24.2 Å². The first kappa shape index (κ1) is 12.7. The lowest BCUT2D eigenvalue weighted by atomic mass is 9.98. The van der Waals surface area contributed by atoms with Crippen molar-refractivity contribution >= 4 is 0 Å². The number of hydrogen-bond acceptors (Lipinski definition) is 2. The molecular weight excluding hydrogens is 222 g/mol. The van der Waals surface area contributed by atoms with E-state index in [2.05, 4.69) is 32.0 Å². The zero-order chi connectivity index (χ0) is 13.0. The summed E-state index contributed by atoms with van der Waals surface area (Å²) in [6.07, 6.45) is 1.92. The average Bonchev–Trinajstić information content (AvgIpc) is 2.39. The minimum Gasteiger partial charge on any atom is -0.411 e. The maximum atomic E-state index is 5.28. The second kappa shape index (κ2) is 5.69. The highest BCUT2D eigenvalue weighted by Crippen LogP contribution is 2.21. The highest BCUT2D eigenvalue weighted by molar-refractivity contribution is 5.39. The van der Waals surface area contributed by atoms with Crippen molar-refractivity contribution in [1.29, 1.82) is 0 Å². The summed E-state index contributed by atoms with van der Waals surface area (Å²) >= 11 is 0. The molecule has 18 heavy (non-hydrogen) atoms. The Balaban J connectivity index is 2.26. The van der Waals surface area contributed by atoms with Gasteiger partial charge in [0, 0.05) is 12.0 Å². The summed E-state index contributed by atoms with van der Waals surface area (Å²) in [5.41, 5.74) is 5.15. The minimum absolute atomic E-state index is 0.745. The van der Waals surface area contributed by atoms with Crippen LogP contribution in [0, 0.1) is 6.92 Å². The lowest BCUT2D eigenvalue weighted by Gasteiger charge is -2.09. The molecule has 0 aliphatic carbocycles. The van der Waals surface area contributed by atoms with E-state index in [-0.39, 0.29) is 0 Å². The lowest BCUT2D eigenvalue weighted by Crippen LogP contribution is -2.05. The number of rotatable bonds is 4. The lowest BCUT2D eigenvalue weighted by molar-refractivity contribution is 0.331. The summed E-state index contributed by atoms with van der Waals surface area (Å²) in [5, 5.41) is 0. The molecule has 0 saturated heterocycles. The number of nitrogens with two attached hydrogens (primary N) is 1. The normalized spacial score (nSPS) is 10.4. The van der Waals surface area contributed by atoms with Gasteiger partial charge in [-0.1, -0.05) is 43.3 Å². The van der Waals surface area contributed by atoms with Crippen LogP contribution in [0.4, 0.5) is 0 Å². The highest BCUT2D eigenvalue weighted by Gasteiger charge is 2.05. The molecule has 0 spiro atoms. The van der Waals surface area contributed by atoms with E-state index >= 15 is 0 Å². The van der Waals surface area contributed by atoms with Crippen LogP contribution in [0.15, 0.2) is 42.5 Å². The van der Waals surface area contributed by atoms with Crippen LogP contribution < -0.4 is 10.7 Å². The fourth-order valence-corrected chi connectivity index (χ4v) is 2.25. The first-order valence-electron chi connectivity index (χ1n) is 6.27. The van der Waals surface area contributed by atoms with Crippen molar-refractivity contribution < 1.29 is 4.84 Å². The molecule has 2 rings (SSSR count). The summed E-state index contributed by atoms with van der Waals surface area (Å²) in [5.74, 6) is 6.02. The van der Waals surface area contributed by atoms with Gasteiger partial charge in [0.25, 0.3) is 0 Å². The number of benzene rings is 2. The van der Waals surface area contributed by atoms with Gasteiger partial charge in [-0.05, 0) is 36.1 Å². The topological polar surface area (TPSA) is 35.2 Å². The fraction of sp³-hybridized carbons (Fsp3) is 0.250. The zero-order valence-electron chi connectivity index (χ0n) is 10.9. The zero-order valence-corrected chi connectivity index (χ0v) is 10.9. The molecule has 2 aromatic carbocycles. The standard InChI is InChI=1S/C16H19NO/c1-3-14-9-8-13(10-12(14)2)11-15-6-4-5-7-16(15)18-17/h4-10H,3,11,17H2,1-2H3. The molecule has 0 saturated carbocycles. The molecule has 94 valence electrons. The van der Waals surface area contributed by atoms with Crippen LogP contribution in [0.2, 0.25) is 0 Å². The van der Waals surface area contributed by atoms with Gasteiger partial charge in [0.1, 0.15) is 5.75 Å². The Hall–Kier alpha value is -1.80. The van der Waals surface area contributed by atoms with Crippen LogP contribution in [0.5, 0.6) is 5.75 Å². The fourth-order valence-electron chi connectivity index (χ4n) is 2.25. The van der Waals surface area contributed by atoms with Gasteiger partial charge >= 0.3 is 0 Å². The molecular formula is C16H19NO. The van der Waals surface area contributed by atoms with E-state index in [1.165, 1.54) is 16.7 Å². The van der Waals surface area contributed by atoms with Crippen LogP contribution in [0.1, 0.15) is 29.2 Å². The van der Waals surface area contributed by atoms with E-state index in [1.807, 2.05) is 24.3 Å². The van der Waals surface area contributed by atoms with Gasteiger partial charge < -0.3 is 4.84 Å². The Morgan fingerprint density at radius 3 is 2.50 bits per heavy atom. The summed E-state index contributed by atoms with van der Waals surface area (Å²) in [6, 6.07) is 14.5. The molecule has 2 heteroatoms. The van der Waals surface area contributed by atoms with Crippen LogP contribution >= 0.6 is 0 Å². The molecule has 0 radical (unpaired) electrons. The maximum absolute atomic E-state index is 5.28. The summed E-state index contributed by atoms with van der Waals surface area (Å²) in [4.78, 5) is 4.89. The average molecular weight is 241 g/mol. The number of hydrogen-bond donors (Lipinski definition) is 1. The Morgan fingerprint density at radius 2 is 1.83 bits per heavy atom. The monoisotopic (exact) mass is 241 g/mol. The van der Waals surface area contributed by atoms with E-state index < -0.39 is 0 Å². The first-order valence-corrected chi connectivity index (χ1v) is 6.27. The Labute approximate surface area is 108 Å². The van der Waals surface area contributed by atoms with Crippen molar-refractivity contribution in [3.8, 4) is 5.75 Å².